The lowest BCUT2D eigenvalue weighted by molar-refractivity contribution is -0.215. The van der Waals surface area contributed by atoms with Crippen LogP contribution in [0.1, 0.15) is 16.7 Å². The number of nitrogens with zero attached hydrogens (tertiary/aromatic N) is 2. The lowest BCUT2D eigenvalue weighted by atomic mass is 9.92. The first-order valence-electron chi connectivity index (χ1n) is 11.3. The molecule has 0 saturated carbocycles. The molecule has 2 aromatic carbocycles. The van der Waals surface area contributed by atoms with Crippen molar-refractivity contribution >= 4 is 24.0 Å². The van der Waals surface area contributed by atoms with E-state index in [0.717, 1.165) is 24.2 Å². The molecule has 0 spiro atoms. The molecule has 2 aliphatic heterocycles. The molecular formula is C25H23F3N2O7. The molecule has 1 saturated heterocycles. The van der Waals surface area contributed by atoms with E-state index in [1.54, 1.807) is 6.07 Å². The maximum Gasteiger partial charge on any atom is 0.417 e. The van der Waals surface area contributed by atoms with Crippen LogP contribution >= 0.6 is 0 Å². The standard InChI is InChI=1S/C25H23F3N2O7/c1-35-24(34)30-11-10-29(14-19(30)23(32)33)21(31)8-6-15-3-2-4-18(25(26,27)28)22(15)17-5-7-20-16(13-17)9-12-36-37-20/h2-8,13,19H,9-12,14H2,1H3,(H,32,33)/b8-6+. The van der Waals surface area contributed by atoms with E-state index in [0.29, 0.717) is 23.3 Å². The molecule has 2 aliphatic rings. The second kappa shape index (κ2) is 10.5. The Morgan fingerprint density at radius 1 is 1.16 bits per heavy atom. The lowest BCUT2D eigenvalue weighted by Crippen LogP contribution is -2.59. The minimum absolute atomic E-state index is 0.0321. The van der Waals surface area contributed by atoms with Crippen molar-refractivity contribution in [1.82, 2.24) is 9.80 Å². The normalized spacial score (nSPS) is 17.8. The average Bonchev–Trinajstić information content (AvgIpc) is 2.89. The van der Waals surface area contributed by atoms with Crippen molar-refractivity contribution in [2.24, 2.45) is 0 Å². The number of alkyl halides is 3. The third-order valence-electron chi connectivity index (χ3n) is 6.15. The van der Waals surface area contributed by atoms with Gasteiger partial charge in [0.15, 0.2) is 11.8 Å². The molecule has 1 unspecified atom stereocenters. The summed E-state index contributed by atoms with van der Waals surface area (Å²) in [5, 5.41) is 9.49. The number of carboxylic acids is 1. The molecule has 2 aromatic rings. The molecule has 196 valence electrons. The summed E-state index contributed by atoms with van der Waals surface area (Å²) in [5.41, 5.74) is 0.163. The first kappa shape index (κ1) is 26.0. The molecule has 4 rings (SSSR count). The van der Waals surface area contributed by atoms with Gasteiger partial charge in [0.2, 0.25) is 5.91 Å². The SMILES string of the molecule is COC(=O)N1CCN(C(=O)/C=C/c2cccc(C(F)(F)F)c2-c2ccc3c(c2)CCOO3)CC1C(=O)O. The van der Waals surface area contributed by atoms with Crippen LogP contribution in [0.25, 0.3) is 17.2 Å². The topological polar surface area (TPSA) is 106 Å². The van der Waals surface area contributed by atoms with E-state index in [2.05, 4.69) is 4.74 Å². The van der Waals surface area contributed by atoms with Crippen LogP contribution < -0.4 is 4.89 Å². The molecule has 1 fully saturated rings. The third kappa shape index (κ3) is 5.53. The monoisotopic (exact) mass is 520 g/mol. The van der Waals surface area contributed by atoms with Crippen LogP contribution in [-0.4, -0.2) is 72.3 Å². The Hall–Kier alpha value is -4.06. The quantitative estimate of drug-likeness (QED) is 0.485. The number of rotatable bonds is 4. The number of aliphatic carboxylic acids is 1. The highest BCUT2D eigenvalue weighted by Crippen LogP contribution is 2.41. The Morgan fingerprint density at radius 2 is 1.95 bits per heavy atom. The summed E-state index contributed by atoms with van der Waals surface area (Å²) in [6.07, 6.45) is -2.65. The molecule has 12 heteroatoms. The fourth-order valence-electron chi connectivity index (χ4n) is 4.33. The molecule has 1 N–H and O–H groups in total. The number of halogens is 3. The number of carbonyl (C=O) groups is 3. The molecular weight excluding hydrogens is 497 g/mol. The Kier molecular flexibility index (Phi) is 7.39. The fourth-order valence-corrected chi connectivity index (χ4v) is 4.33. The van der Waals surface area contributed by atoms with Crippen LogP contribution in [0.15, 0.2) is 42.5 Å². The molecule has 2 amide bonds. The van der Waals surface area contributed by atoms with Crippen LogP contribution in [0.4, 0.5) is 18.0 Å². The number of ether oxygens (including phenoxy) is 1. The van der Waals surface area contributed by atoms with Crippen LogP contribution in [-0.2, 0) is 31.8 Å². The van der Waals surface area contributed by atoms with Crippen LogP contribution in [0, 0.1) is 0 Å². The van der Waals surface area contributed by atoms with Gasteiger partial charge in [-0.2, -0.15) is 18.1 Å². The predicted octanol–water partition coefficient (Wildman–Crippen LogP) is 3.62. The number of amides is 2. The van der Waals surface area contributed by atoms with Gasteiger partial charge in [0.1, 0.15) is 0 Å². The number of carboxylic acid groups (broad SMARTS) is 1. The zero-order valence-corrected chi connectivity index (χ0v) is 19.7. The van der Waals surface area contributed by atoms with Crippen molar-refractivity contribution in [1.29, 1.82) is 0 Å². The number of fused-ring (bicyclic) bond motifs is 1. The minimum Gasteiger partial charge on any atom is -0.480 e. The summed E-state index contributed by atoms with van der Waals surface area (Å²) in [5.74, 6) is -1.49. The van der Waals surface area contributed by atoms with Gasteiger partial charge in [-0.25, -0.2) is 9.59 Å². The summed E-state index contributed by atoms with van der Waals surface area (Å²) in [4.78, 5) is 48.6. The Labute approximate surface area is 209 Å². The highest BCUT2D eigenvalue weighted by Gasteiger charge is 2.37. The van der Waals surface area contributed by atoms with Crippen molar-refractivity contribution in [2.45, 2.75) is 18.6 Å². The van der Waals surface area contributed by atoms with E-state index in [9.17, 15) is 32.7 Å². The van der Waals surface area contributed by atoms with Crippen LogP contribution in [0.3, 0.4) is 0 Å². The number of benzene rings is 2. The van der Waals surface area contributed by atoms with Gasteiger partial charge in [0.05, 0.1) is 25.8 Å². The van der Waals surface area contributed by atoms with E-state index in [-0.39, 0.29) is 37.4 Å². The van der Waals surface area contributed by atoms with Gasteiger partial charge in [-0.15, -0.1) is 0 Å². The number of hydrogen-bond acceptors (Lipinski definition) is 6. The van der Waals surface area contributed by atoms with Gasteiger partial charge in [0, 0.05) is 36.7 Å². The van der Waals surface area contributed by atoms with Crippen molar-refractivity contribution in [3.8, 4) is 16.9 Å². The first-order chi connectivity index (χ1) is 17.6. The zero-order chi connectivity index (χ0) is 26.7. The summed E-state index contributed by atoms with van der Waals surface area (Å²) in [7, 11) is 1.12. The Balaban J connectivity index is 1.64. The molecule has 0 aliphatic carbocycles. The van der Waals surface area contributed by atoms with Crippen molar-refractivity contribution in [2.75, 3.05) is 33.4 Å². The smallest absolute Gasteiger partial charge is 0.417 e. The molecule has 0 bridgehead atoms. The van der Waals surface area contributed by atoms with Crippen molar-refractivity contribution < 1.29 is 47.2 Å². The largest absolute Gasteiger partial charge is 0.480 e. The maximum absolute atomic E-state index is 14.0. The molecule has 37 heavy (non-hydrogen) atoms. The van der Waals surface area contributed by atoms with Gasteiger partial charge in [-0.3, -0.25) is 9.69 Å². The summed E-state index contributed by atoms with van der Waals surface area (Å²) < 4.78 is 46.5. The molecule has 1 atom stereocenters. The van der Waals surface area contributed by atoms with Crippen molar-refractivity contribution in [3.05, 3.63) is 59.2 Å². The van der Waals surface area contributed by atoms with Gasteiger partial charge in [0.25, 0.3) is 0 Å². The van der Waals surface area contributed by atoms with Gasteiger partial charge >= 0.3 is 18.2 Å². The second-order valence-corrected chi connectivity index (χ2v) is 8.38. The molecule has 0 radical (unpaired) electrons. The van der Waals surface area contributed by atoms with Gasteiger partial charge in [-0.05, 0) is 35.4 Å². The minimum atomic E-state index is -4.66. The molecule has 9 nitrogen and oxygen atoms in total. The molecule has 2 heterocycles. The van der Waals surface area contributed by atoms with Gasteiger partial charge in [-0.1, -0.05) is 18.2 Å². The summed E-state index contributed by atoms with van der Waals surface area (Å²) >= 11 is 0. The predicted molar refractivity (Wildman–Crippen MR) is 123 cm³/mol. The first-order valence-corrected chi connectivity index (χ1v) is 11.3. The number of methoxy groups -OCH3 is 1. The van der Waals surface area contributed by atoms with Gasteiger partial charge < -0.3 is 19.6 Å². The van der Waals surface area contributed by atoms with E-state index in [4.69, 9.17) is 9.78 Å². The third-order valence-corrected chi connectivity index (χ3v) is 6.15. The molecule has 0 aromatic heterocycles. The highest BCUT2D eigenvalue weighted by molar-refractivity contribution is 5.94. The zero-order valence-electron chi connectivity index (χ0n) is 19.7. The van der Waals surface area contributed by atoms with E-state index in [1.165, 1.54) is 35.2 Å². The maximum atomic E-state index is 14.0. The van der Waals surface area contributed by atoms with E-state index < -0.39 is 35.8 Å². The van der Waals surface area contributed by atoms with Crippen molar-refractivity contribution in [3.63, 3.8) is 0 Å². The average molecular weight is 520 g/mol. The number of carbonyl (C=O) groups excluding carboxylic acids is 2. The number of hydrogen-bond donors (Lipinski definition) is 1. The fraction of sp³-hybridized carbons (Fsp3) is 0.320. The van der Waals surface area contributed by atoms with Crippen LogP contribution in [0.2, 0.25) is 0 Å². The van der Waals surface area contributed by atoms with Crippen LogP contribution in [0.5, 0.6) is 5.75 Å². The summed E-state index contributed by atoms with van der Waals surface area (Å²) in [6, 6.07) is 6.99. The highest BCUT2D eigenvalue weighted by atomic mass is 19.4. The summed E-state index contributed by atoms with van der Waals surface area (Å²) in [6.45, 7) is -0.0709. The van der Waals surface area contributed by atoms with E-state index >= 15 is 0 Å². The Morgan fingerprint density at radius 3 is 2.65 bits per heavy atom. The number of piperazine rings is 1. The van der Waals surface area contributed by atoms with E-state index in [1.807, 2.05) is 0 Å². The second-order valence-electron chi connectivity index (χ2n) is 8.38. The Bertz CT molecular complexity index is 1250. The lowest BCUT2D eigenvalue weighted by Gasteiger charge is -2.37.